The summed E-state index contributed by atoms with van der Waals surface area (Å²) >= 11 is 0. The lowest BCUT2D eigenvalue weighted by molar-refractivity contribution is 0.587. The highest BCUT2D eigenvalue weighted by Gasteiger charge is 2.15. The molecule has 0 fully saturated rings. The molecular formula is C7H5FN4. The first kappa shape index (κ1) is 7.02. The van der Waals surface area contributed by atoms with Gasteiger partial charge in [0, 0.05) is 5.56 Å². The maximum absolute atomic E-state index is 13.0. The highest BCUT2D eigenvalue weighted by molar-refractivity contribution is 5.20. The summed E-state index contributed by atoms with van der Waals surface area (Å²) in [5.41, 5.74) is 0.405. The number of rotatable bonds is 1. The van der Waals surface area contributed by atoms with Crippen molar-refractivity contribution in [2.24, 2.45) is 20.7 Å². The van der Waals surface area contributed by atoms with Crippen LogP contribution < -0.4 is 0 Å². The standard InChI is InChI=1S/C7H5FN4/c8-6-4-2-1-3-5(6)7-9-11-12-10-7/h1-4,7H. The fourth-order valence-corrected chi connectivity index (χ4v) is 0.976. The van der Waals surface area contributed by atoms with Crippen molar-refractivity contribution in [2.75, 3.05) is 0 Å². The van der Waals surface area contributed by atoms with Crippen molar-refractivity contribution in [3.05, 3.63) is 35.6 Å². The Morgan fingerprint density at radius 2 is 1.75 bits per heavy atom. The second-order valence-corrected chi connectivity index (χ2v) is 2.31. The number of halogens is 1. The number of hydrogen-bond acceptors (Lipinski definition) is 4. The molecule has 0 saturated heterocycles. The number of hydrogen-bond donors (Lipinski definition) is 0. The van der Waals surface area contributed by atoms with Gasteiger partial charge < -0.3 is 0 Å². The third-order valence-electron chi connectivity index (χ3n) is 1.55. The van der Waals surface area contributed by atoms with Gasteiger partial charge in [-0.25, -0.2) is 4.39 Å². The smallest absolute Gasteiger partial charge is 0.207 e. The normalized spacial score (nSPS) is 15.8. The lowest BCUT2D eigenvalue weighted by atomic mass is 10.2. The fourth-order valence-electron chi connectivity index (χ4n) is 0.976. The summed E-state index contributed by atoms with van der Waals surface area (Å²) in [5, 5.41) is 13.8. The van der Waals surface area contributed by atoms with Gasteiger partial charge in [0.2, 0.25) is 6.17 Å². The van der Waals surface area contributed by atoms with Gasteiger partial charge in [-0.3, -0.25) is 0 Å². The van der Waals surface area contributed by atoms with Crippen LogP contribution in [-0.2, 0) is 0 Å². The van der Waals surface area contributed by atoms with E-state index < -0.39 is 6.17 Å². The molecule has 0 aliphatic carbocycles. The Hall–Kier alpha value is -1.65. The summed E-state index contributed by atoms with van der Waals surface area (Å²) in [6.07, 6.45) is -0.591. The van der Waals surface area contributed by atoms with Gasteiger partial charge in [-0.1, -0.05) is 18.2 Å². The first-order chi connectivity index (χ1) is 5.88. The maximum Gasteiger partial charge on any atom is 0.213 e. The van der Waals surface area contributed by atoms with Gasteiger partial charge in [0.05, 0.1) is 0 Å². The largest absolute Gasteiger partial charge is 0.213 e. The fraction of sp³-hybridized carbons (Fsp3) is 0.143. The van der Waals surface area contributed by atoms with Crippen LogP contribution in [0.5, 0.6) is 0 Å². The van der Waals surface area contributed by atoms with Crippen LogP contribution in [0, 0.1) is 5.82 Å². The molecule has 2 rings (SSSR count). The van der Waals surface area contributed by atoms with E-state index in [1.54, 1.807) is 18.2 Å². The minimum atomic E-state index is -0.591. The van der Waals surface area contributed by atoms with Crippen molar-refractivity contribution in [1.82, 2.24) is 0 Å². The van der Waals surface area contributed by atoms with E-state index >= 15 is 0 Å². The Morgan fingerprint density at radius 3 is 2.42 bits per heavy atom. The molecule has 60 valence electrons. The molecule has 5 heteroatoms. The average molecular weight is 164 g/mol. The van der Waals surface area contributed by atoms with Crippen LogP contribution in [0.1, 0.15) is 11.7 Å². The van der Waals surface area contributed by atoms with E-state index in [0.717, 1.165) is 0 Å². The first-order valence-corrected chi connectivity index (χ1v) is 3.42. The van der Waals surface area contributed by atoms with E-state index in [0.29, 0.717) is 5.56 Å². The van der Waals surface area contributed by atoms with Gasteiger partial charge in [0.25, 0.3) is 0 Å². The van der Waals surface area contributed by atoms with Crippen molar-refractivity contribution < 1.29 is 4.39 Å². The van der Waals surface area contributed by atoms with Crippen LogP contribution in [0.4, 0.5) is 4.39 Å². The van der Waals surface area contributed by atoms with Gasteiger partial charge in [-0.15, -0.1) is 10.2 Å². The molecule has 0 N–H and O–H groups in total. The predicted octanol–water partition coefficient (Wildman–Crippen LogP) is 2.66. The van der Waals surface area contributed by atoms with Gasteiger partial charge in [0.1, 0.15) is 5.82 Å². The van der Waals surface area contributed by atoms with E-state index in [2.05, 4.69) is 20.7 Å². The SMILES string of the molecule is Fc1ccccc1C1N=NN=N1. The van der Waals surface area contributed by atoms with E-state index in [4.69, 9.17) is 0 Å². The minimum Gasteiger partial charge on any atom is -0.207 e. The lowest BCUT2D eigenvalue weighted by Gasteiger charge is -2.01. The van der Waals surface area contributed by atoms with E-state index in [1.807, 2.05) is 0 Å². The summed E-state index contributed by atoms with van der Waals surface area (Å²) in [5.74, 6) is -0.331. The summed E-state index contributed by atoms with van der Waals surface area (Å²) < 4.78 is 13.0. The Morgan fingerprint density at radius 1 is 1.08 bits per heavy atom. The van der Waals surface area contributed by atoms with Crippen LogP contribution in [0.2, 0.25) is 0 Å². The first-order valence-electron chi connectivity index (χ1n) is 3.42. The van der Waals surface area contributed by atoms with Crippen LogP contribution in [0.3, 0.4) is 0 Å². The molecule has 1 aromatic rings. The second-order valence-electron chi connectivity index (χ2n) is 2.31. The van der Waals surface area contributed by atoms with Crippen molar-refractivity contribution in [3.8, 4) is 0 Å². The summed E-state index contributed by atoms with van der Waals surface area (Å²) in [6, 6.07) is 6.31. The van der Waals surface area contributed by atoms with E-state index in [1.165, 1.54) is 6.07 Å². The van der Waals surface area contributed by atoms with Gasteiger partial charge in [0.15, 0.2) is 0 Å². The molecule has 1 aliphatic rings. The zero-order chi connectivity index (χ0) is 8.39. The Balaban J connectivity index is 2.39. The highest BCUT2D eigenvalue weighted by Crippen LogP contribution is 2.25. The third-order valence-corrected chi connectivity index (χ3v) is 1.55. The van der Waals surface area contributed by atoms with Gasteiger partial charge in [-0.2, -0.15) is 0 Å². The monoisotopic (exact) mass is 164 g/mol. The lowest BCUT2D eigenvalue weighted by Crippen LogP contribution is -1.92. The molecule has 0 amide bonds. The van der Waals surface area contributed by atoms with Crippen LogP contribution in [0.25, 0.3) is 0 Å². The van der Waals surface area contributed by atoms with Crippen molar-refractivity contribution in [1.29, 1.82) is 0 Å². The zero-order valence-electron chi connectivity index (χ0n) is 6.05. The molecule has 0 spiro atoms. The highest BCUT2D eigenvalue weighted by atomic mass is 19.1. The van der Waals surface area contributed by atoms with E-state index in [-0.39, 0.29) is 5.82 Å². The van der Waals surface area contributed by atoms with Crippen molar-refractivity contribution >= 4 is 0 Å². The second kappa shape index (κ2) is 2.77. The van der Waals surface area contributed by atoms with Gasteiger partial charge in [-0.05, 0) is 16.5 Å². The number of benzene rings is 1. The summed E-state index contributed by atoms with van der Waals surface area (Å²) in [7, 11) is 0. The molecule has 0 saturated carbocycles. The average Bonchev–Trinajstić information content (AvgIpc) is 2.57. The molecule has 0 unspecified atom stereocenters. The summed E-state index contributed by atoms with van der Waals surface area (Å²) in [4.78, 5) is 0. The molecule has 1 heterocycles. The van der Waals surface area contributed by atoms with Crippen molar-refractivity contribution in [3.63, 3.8) is 0 Å². The third kappa shape index (κ3) is 1.09. The molecule has 1 aliphatic heterocycles. The van der Waals surface area contributed by atoms with E-state index in [9.17, 15) is 4.39 Å². The predicted molar refractivity (Wildman–Crippen MR) is 38.9 cm³/mol. The summed E-state index contributed by atoms with van der Waals surface area (Å²) in [6.45, 7) is 0. The molecule has 0 bridgehead atoms. The molecule has 4 nitrogen and oxygen atoms in total. The Labute approximate surface area is 67.8 Å². The molecule has 12 heavy (non-hydrogen) atoms. The van der Waals surface area contributed by atoms with Crippen LogP contribution >= 0.6 is 0 Å². The quantitative estimate of drug-likeness (QED) is 0.612. The topological polar surface area (TPSA) is 49.4 Å². The van der Waals surface area contributed by atoms with Gasteiger partial charge >= 0.3 is 0 Å². The maximum atomic E-state index is 13.0. The zero-order valence-corrected chi connectivity index (χ0v) is 6.05. The van der Waals surface area contributed by atoms with Crippen LogP contribution in [-0.4, -0.2) is 0 Å². The van der Waals surface area contributed by atoms with Crippen LogP contribution in [0.15, 0.2) is 44.9 Å². The molecule has 0 atom stereocenters. The molecule has 0 aromatic heterocycles. The minimum absolute atomic E-state index is 0.331. The Bertz CT molecular complexity index is 335. The van der Waals surface area contributed by atoms with Crippen molar-refractivity contribution in [2.45, 2.75) is 6.17 Å². The number of nitrogens with zero attached hydrogens (tertiary/aromatic N) is 4. The molecule has 1 aromatic carbocycles. The molecule has 0 radical (unpaired) electrons. The molecular weight excluding hydrogens is 159 g/mol. The Kier molecular flexibility index (Phi) is 1.62.